The molecule has 0 aliphatic rings. The first-order chi connectivity index (χ1) is 17.2. The van der Waals surface area contributed by atoms with Crippen molar-refractivity contribution < 1.29 is 21.0 Å². The van der Waals surface area contributed by atoms with Crippen molar-refractivity contribution in [2.24, 2.45) is 0 Å². The van der Waals surface area contributed by atoms with Gasteiger partial charge >= 0.3 is 6.09 Å². The van der Waals surface area contributed by atoms with Gasteiger partial charge in [0.1, 0.15) is 5.60 Å². The summed E-state index contributed by atoms with van der Waals surface area (Å²) in [6, 6.07) is 16.5. The Bertz CT molecular complexity index is 1400. The molecule has 0 saturated carbocycles. The highest BCUT2D eigenvalue weighted by molar-refractivity contribution is 7.85. The number of hydrogen-bond donors (Lipinski definition) is 2. The molecular formula is C25H30N6O4S. The first kappa shape index (κ1) is 25.0. The number of nitrogen functional groups attached to an aromatic ring is 1. The number of carbonyl (C=O) groups is 1. The molecule has 1 unspecified atom stereocenters. The third-order valence-electron chi connectivity index (χ3n) is 4.81. The van der Waals surface area contributed by atoms with Gasteiger partial charge in [-0.25, -0.2) is 14.8 Å². The first-order valence-electron chi connectivity index (χ1n) is 11.2. The highest BCUT2D eigenvalue weighted by Crippen LogP contribution is 2.30. The number of nitrogens with zero attached hydrogens (tertiary/aromatic N) is 4. The van der Waals surface area contributed by atoms with E-state index in [0.29, 0.717) is 22.0 Å². The summed E-state index contributed by atoms with van der Waals surface area (Å²) in [6.45, 7) is 5.51. The van der Waals surface area contributed by atoms with Gasteiger partial charge in [0.15, 0.2) is 11.5 Å². The van der Waals surface area contributed by atoms with Gasteiger partial charge in [-0.2, -0.15) is 0 Å². The second kappa shape index (κ2) is 10.6. The maximum absolute atomic E-state index is 13.1. The third-order valence-corrected chi connectivity index (χ3v) is 6.23. The number of carbonyl (C=O) groups excluding carboxylic acids is 1. The zero-order valence-corrected chi connectivity index (χ0v) is 20.9. The number of alkyl carbamates (subject to hydrolysis) is 1. The lowest BCUT2D eigenvalue weighted by Crippen LogP contribution is -2.34. The number of amides is 1. The second-order valence-corrected chi connectivity index (χ2v) is 10.3. The fourth-order valence-corrected chi connectivity index (χ4v) is 4.40. The van der Waals surface area contributed by atoms with Gasteiger partial charge in [0.25, 0.3) is 5.89 Å². The number of nitrogens with two attached hydrogens (primary N) is 1. The maximum Gasteiger partial charge on any atom is 0.407 e. The van der Waals surface area contributed by atoms with E-state index >= 15 is 0 Å². The zero-order valence-electron chi connectivity index (χ0n) is 20.1. The normalized spacial score (nSPS) is 12.2. The van der Waals surface area contributed by atoms with E-state index in [0.717, 1.165) is 5.56 Å². The van der Waals surface area contributed by atoms with Crippen LogP contribution in [0.5, 0.6) is 0 Å². The molecule has 0 radical (unpaired) electrons. The van der Waals surface area contributed by atoms with Crippen LogP contribution in [-0.4, -0.2) is 48.4 Å². The average molecular weight is 511 g/mol. The number of aromatic nitrogens is 4. The van der Waals surface area contributed by atoms with Gasteiger partial charge in [0, 0.05) is 31.2 Å². The van der Waals surface area contributed by atoms with Gasteiger partial charge in [0.2, 0.25) is 5.89 Å². The Balaban J connectivity index is 0.00000253. The topological polar surface area (TPSA) is 146 Å². The molecule has 0 aliphatic heterocycles. The molecule has 1 amide bonds. The standard InChI is InChI=1S/C25H26N6O4S.2H2/c1-25(2,3)35-24(32)27-13-14-36(33)19-12-8-7-11-17(19)18-15-28-21(26)20(29-18)23-31-30-22(34-23)16-9-5-4-6-10-16;;/h4-12,15H,13-14H2,1-3H3,(H2,26,28)(H,27,32);2*1H. The smallest absolute Gasteiger partial charge is 0.407 e. The summed E-state index contributed by atoms with van der Waals surface area (Å²) >= 11 is 0. The molecule has 0 bridgehead atoms. The van der Waals surface area contributed by atoms with E-state index in [-0.39, 0.29) is 32.6 Å². The van der Waals surface area contributed by atoms with Crippen molar-refractivity contribution in [3.8, 4) is 34.3 Å². The summed E-state index contributed by atoms with van der Waals surface area (Å²) in [5, 5.41) is 10.8. The number of rotatable bonds is 7. The maximum atomic E-state index is 13.1. The van der Waals surface area contributed by atoms with E-state index in [9.17, 15) is 9.00 Å². The first-order valence-corrected chi connectivity index (χ1v) is 12.5. The average Bonchev–Trinajstić information content (AvgIpc) is 3.34. The van der Waals surface area contributed by atoms with Crippen LogP contribution in [0.25, 0.3) is 34.3 Å². The molecule has 3 N–H and O–H groups in total. The molecule has 2 heterocycles. The van der Waals surface area contributed by atoms with Crippen LogP contribution in [0.3, 0.4) is 0 Å². The van der Waals surface area contributed by atoms with Crippen LogP contribution in [0.1, 0.15) is 23.6 Å². The van der Waals surface area contributed by atoms with Gasteiger partial charge in [-0.05, 0) is 39.0 Å². The van der Waals surface area contributed by atoms with Crippen molar-refractivity contribution in [1.82, 2.24) is 25.5 Å². The Morgan fingerprint density at radius 3 is 2.53 bits per heavy atom. The van der Waals surface area contributed by atoms with E-state index in [1.807, 2.05) is 36.4 Å². The molecule has 4 aromatic rings. The van der Waals surface area contributed by atoms with Gasteiger partial charge in [-0.15, -0.1) is 10.2 Å². The van der Waals surface area contributed by atoms with Gasteiger partial charge in [0.05, 0.1) is 22.7 Å². The van der Waals surface area contributed by atoms with E-state index in [1.54, 1.807) is 39.0 Å². The van der Waals surface area contributed by atoms with Crippen molar-refractivity contribution in [3.63, 3.8) is 0 Å². The van der Waals surface area contributed by atoms with Gasteiger partial charge in [-0.1, -0.05) is 36.4 Å². The molecule has 0 saturated heterocycles. The van der Waals surface area contributed by atoms with Crippen molar-refractivity contribution in [2.75, 3.05) is 18.0 Å². The van der Waals surface area contributed by atoms with Crippen LogP contribution in [0.15, 0.2) is 70.1 Å². The Morgan fingerprint density at radius 2 is 1.78 bits per heavy atom. The van der Waals surface area contributed by atoms with Crippen molar-refractivity contribution in [2.45, 2.75) is 31.3 Å². The number of nitrogens with one attached hydrogen (secondary N) is 1. The summed E-state index contributed by atoms with van der Waals surface area (Å²) in [5.74, 6) is 0.773. The SMILES string of the molecule is CC(C)(C)OC(=O)NCCS(=O)c1ccccc1-c1cnc(N)c(-c2nnc(-c3ccccc3)o2)n1.[HH].[HH]. The number of hydrogen-bond acceptors (Lipinski definition) is 9. The van der Waals surface area contributed by atoms with Crippen LogP contribution in [0.4, 0.5) is 10.6 Å². The van der Waals surface area contributed by atoms with Crippen LogP contribution in [-0.2, 0) is 15.5 Å². The fraction of sp³-hybridized carbons (Fsp3) is 0.240. The summed E-state index contributed by atoms with van der Waals surface area (Å²) in [6.07, 6.45) is 0.943. The lowest BCUT2D eigenvalue weighted by atomic mass is 10.1. The molecule has 2 aromatic heterocycles. The fourth-order valence-electron chi connectivity index (χ4n) is 3.25. The molecule has 2 aromatic carbocycles. The number of ether oxygens (including phenoxy) is 1. The minimum Gasteiger partial charge on any atom is -0.444 e. The summed E-state index contributed by atoms with van der Waals surface area (Å²) < 4.78 is 24.1. The quantitative estimate of drug-likeness (QED) is 0.365. The van der Waals surface area contributed by atoms with E-state index in [2.05, 4.69) is 25.5 Å². The summed E-state index contributed by atoms with van der Waals surface area (Å²) in [4.78, 5) is 21.3. The Morgan fingerprint density at radius 1 is 1.08 bits per heavy atom. The molecule has 36 heavy (non-hydrogen) atoms. The minimum atomic E-state index is -1.43. The molecule has 11 heteroatoms. The summed E-state index contributed by atoms with van der Waals surface area (Å²) in [5.41, 5.74) is 7.52. The largest absolute Gasteiger partial charge is 0.444 e. The molecule has 0 spiro atoms. The van der Waals surface area contributed by atoms with Crippen LogP contribution < -0.4 is 11.1 Å². The van der Waals surface area contributed by atoms with E-state index in [4.69, 9.17) is 14.9 Å². The lowest BCUT2D eigenvalue weighted by Gasteiger charge is -2.19. The van der Waals surface area contributed by atoms with Crippen LogP contribution >= 0.6 is 0 Å². The van der Waals surface area contributed by atoms with Crippen LogP contribution in [0, 0.1) is 0 Å². The third kappa shape index (κ3) is 6.11. The summed E-state index contributed by atoms with van der Waals surface area (Å²) in [7, 11) is -1.43. The molecule has 190 valence electrons. The van der Waals surface area contributed by atoms with Crippen molar-refractivity contribution >= 4 is 22.7 Å². The Kier molecular flexibility index (Phi) is 7.39. The Hall–Kier alpha value is -4.12. The highest BCUT2D eigenvalue weighted by atomic mass is 32.2. The predicted molar refractivity (Wildman–Crippen MR) is 140 cm³/mol. The predicted octanol–water partition coefficient (Wildman–Crippen LogP) is 4.57. The van der Waals surface area contributed by atoms with Gasteiger partial charge < -0.3 is 20.2 Å². The minimum absolute atomic E-state index is 0. The Labute approximate surface area is 213 Å². The van der Waals surface area contributed by atoms with Crippen molar-refractivity contribution in [3.05, 3.63) is 60.8 Å². The lowest BCUT2D eigenvalue weighted by molar-refractivity contribution is 0.0531. The van der Waals surface area contributed by atoms with Gasteiger partial charge in [-0.3, -0.25) is 4.21 Å². The molecular weight excluding hydrogens is 480 g/mol. The highest BCUT2D eigenvalue weighted by Gasteiger charge is 2.20. The van der Waals surface area contributed by atoms with Crippen LogP contribution in [0.2, 0.25) is 0 Å². The monoisotopic (exact) mass is 510 g/mol. The molecule has 0 aliphatic carbocycles. The molecule has 1 atom stereocenters. The zero-order chi connectivity index (χ0) is 25.7. The molecule has 0 fully saturated rings. The van der Waals surface area contributed by atoms with E-state index in [1.165, 1.54) is 6.20 Å². The second-order valence-electron chi connectivity index (χ2n) is 8.74. The molecule has 10 nitrogen and oxygen atoms in total. The van der Waals surface area contributed by atoms with E-state index < -0.39 is 22.5 Å². The number of anilines is 1. The number of benzene rings is 2. The van der Waals surface area contributed by atoms with Crippen molar-refractivity contribution in [1.29, 1.82) is 0 Å². The molecule has 4 rings (SSSR count).